The Kier molecular flexibility index (Phi) is 5.33. The number of benzene rings is 1. The minimum atomic E-state index is -0.465. The van der Waals surface area contributed by atoms with Gasteiger partial charge < -0.3 is 15.2 Å². The molecule has 1 unspecified atom stereocenters. The van der Waals surface area contributed by atoms with Crippen molar-refractivity contribution >= 4 is 27.3 Å². The van der Waals surface area contributed by atoms with E-state index in [2.05, 4.69) is 21.2 Å². The number of hydrogen-bond acceptors (Lipinski definition) is 5. The maximum atomic E-state index is 10.5. The second-order valence-corrected chi connectivity index (χ2v) is 4.25. The molecule has 1 rings (SSSR count). The molecule has 0 spiro atoms. The molecule has 0 aliphatic carbocycles. The van der Waals surface area contributed by atoms with E-state index in [9.17, 15) is 10.1 Å². The fourth-order valence-electron chi connectivity index (χ4n) is 1.30. The number of nitrogens with zero attached hydrogens (tertiary/aromatic N) is 1. The molecule has 0 aliphatic rings. The van der Waals surface area contributed by atoms with Gasteiger partial charge in [0.05, 0.1) is 24.2 Å². The highest BCUT2D eigenvalue weighted by atomic mass is 79.9. The Morgan fingerprint density at radius 2 is 2.35 bits per heavy atom. The lowest BCUT2D eigenvalue weighted by Gasteiger charge is -2.17. The molecule has 0 aliphatic heterocycles. The number of nitrogens with one attached hydrogen (secondary N) is 1. The number of hydrogen-bond donors (Lipinski definition) is 2. The maximum absolute atomic E-state index is 10.5. The largest absolute Gasteiger partial charge is 0.394 e. The van der Waals surface area contributed by atoms with Crippen LogP contribution in [0.4, 0.5) is 11.4 Å². The monoisotopic (exact) mass is 304 g/mol. The summed E-state index contributed by atoms with van der Waals surface area (Å²) < 4.78 is 5.49. The van der Waals surface area contributed by atoms with Crippen molar-refractivity contribution in [2.24, 2.45) is 0 Å². The van der Waals surface area contributed by atoms with Gasteiger partial charge in [0.15, 0.2) is 0 Å². The highest BCUT2D eigenvalue weighted by Crippen LogP contribution is 2.27. The van der Waals surface area contributed by atoms with Gasteiger partial charge in [0.2, 0.25) is 0 Å². The van der Waals surface area contributed by atoms with Gasteiger partial charge in [0.25, 0.3) is 5.69 Å². The number of nitro benzene ring substituents is 1. The maximum Gasteiger partial charge on any atom is 0.270 e. The van der Waals surface area contributed by atoms with Crippen LogP contribution in [0, 0.1) is 10.1 Å². The van der Waals surface area contributed by atoms with Crippen LogP contribution in [0.2, 0.25) is 0 Å². The van der Waals surface area contributed by atoms with E-state index in [-0.39, 0.29) is 18.3 Å². The Balaban J connectivity index is 2.81. The average molecular weight is 305 g/mol. The number of non-ortho nitro benzene ring substituents is 1. The fraction of sp³-hybridized carbons (Fsp3) is 0.400. The van der Waals surface area contributed by atoms with E-state index in [0.29, 0.717) is 16.8 Å². The Bertz CT molecular complexity index is 400. The molecule has 1 aromatic carbocycles. The van der Waals surface area contributed by atoms with Gasteiger partial charge in [0, 0.05) is 29.4 Å². The van der Waals surface area contributed by atoms with Gasteiger partial charge in [-0.05, 0) is 22.0 Å². The van der Waals surface area contributed by atoms with Crippen molar-refractivity contribution in [2.75, 3.05) is 25.6 Å². The Labute approximate surface area is 107 Å². The molecule has 0 fully saturated rings. The normalized spacial score (nSPS) is 12.2. The molecule has 1 atom stereocenters. The van der Waals surface area contributed by atoms with E-state index in [1.54, 1.807) is 6.07 Å². The zero-order chi connectivity index (χ0) is 12.8. The quantitative estimate of drug-likeness (QED) is 0.618. The Hall–Kier alpha value is -1.18. The zero-order valence-electron chi connectivity index (χ0n) is 9.22. The summed E-state index contributed by atoms with van der Waals surface area (Å²) in [6, 6.07) is 4.14. The van der Waals surface area contributed by atoms with Crippen molar-refractivity contribution in [3.63, 3.8) is 0 Å². The van der Waals surface area contributed by atoms with Crippen molar-refractivity contribution in [2.45, 2.75) is 6.04 Å². The fourth-order valence-corrected chi connectivity index (χ4v) is 1.78. The molecule has 0 radical (unpaired) electrons. The summed E-state index contributed by atoms with van der Waals surface area (Å²) in [5.41, 5.74) is 0.682. The molecule has 6 nitrogen and oxygen atoms in total. The summed E-state index contributed by atoms with van der Waals surface area (Å²) in [6.45, 7) is 0.261. The lowest BCUT2D eigenvalue weighted by molar-refractivity contribution is -0.384. The topological polar surface area (TPSA) is 84.6 Å². The minimum Gasteiger partial charge on any atom is -0.394 e. The van der Waals surface area contributed by atoms with E-state index >= 15 is 0 Å². The lowest BCUT2D eigenvalue weighted by Crippen LogP contribution is -2.28. The summed E-state index contributed by atoms with van der Waals surface area (Å²) in [5, 5.41) is 22.7. The third-order valence-corrected chi connectivity index (χ3v) is 2.77. The van der Waals surface area contributed by atoms with Crippen LogP contribution < -0.4 is 5.32 Å². The van der Waals surface area contributed by atoms with Gasteiger partial charge in [-0.2, -0.15) is 0 Å². The molecule has 0 amide bonds. The van der Waals surface area contributed by atoms with E-state index in [1.807, 2.05) is 0 Å². The number of ether oxygens (including phenoxy) is 1. The first-order valence-corrected chi connectivity index (χ1v) is 5.68. The molecule has 7 heteroatoms. The first kappa shape index (κ1) is 13.9. The number of nitro groups is 1. The number of halogens is 1. The molecular formula is C10H13BrN2O4. The van der Waals surface area contributed by atoms with Crippen LogP contribution in [0.15, 0.2) is 22.7 Å². The molecule has 0 saturated carbocycles. The van der Waals surface area contributed by atoms with Crippen molar-refractivity contribution in [1.82, 2.24) is 0 Å². The SMILES string of the molecule is COCC(CO)Nc1ccc([N+](=O)[O-])cc1Br. The smallest absolute Gasteiger partial charge is 0.270 e. The van der Waals surface area contributed by atoms with Gasteiger partial charge in [-0.3, -0.25) is 10.1 Å². The molecule has 0 aromatic heterocycles. The molecule has 17 heavy (non-hydrogen) atoms. The van der Waals surface area contributed by atoms with Crippen LogP contribution in [-0.2, 0) is 4.74 Å². The molecule has 0 bridgehead atoms. The number of methoxy groups -OCH3 is 1. The summed E-state index contributed by atoms with van der Waals surface area (Å²) in [6.07, 6.45) is 0. The van der Waals surface area contributed by atoms with Gasteiger partial charge >= 0.3 is 0 Å². The molecule has 1 aromatic rings. The highest BCUT2D eigenvalue weighted by molar-refractivity contribution is 9.10. The van der Waals surface area contributed by atoms with Gasteiger partial charge in [-0.1, -0.05) is 0 Å². The van der Waals surface area contributed by atoms with E-state index < -0.39 is 4.92 Å². The molecule has 0 heterocycles. The standard InChI is InChI=1S/C10H13BrN2O4/c1-17-6-7(5-14)12-10-3-2-8(13(15)16)4-9(10)11/h2-4,7,12,14H,5-6H2,1H3. The van der Waals surface area contributed by atoms with E-state index in [4.69, 9.17) is 9.84 Å². The van der Waals surface area contributed by atoms with Crippen molar-refractivity contribution in [1.29, 1.82) is 0 Å². The second kappa shape index (κ2) is 6.53. The zero-order valence-corrected chi connectivity index (χ0v) is 10.8. The van der Waals surface area contributed by atoms with E-state index in [0.717, 1.165) is 0 Å². The van der Waals surface area contributed by atoms with Gasteiger partial charge in [0.1, 0.15) is 0 Å². The van der Waals surface area contributed by atoms with Crippen LogP contribution in [0.1, 0.15) is 0 Å². The molecule has 2 N–H and O–H groups in total. The highest BCUT2D eigenvalue weighted by Gasteiger charge is 2.12. The van der Waals surface area contributed by atoms with Crippen molar-refractivity contribution in [3.8, 4) is 0 Å². The molecule has 94 valence electrons. The van der Waals surface area contributed by atoms with E-state index in [1.165, 1.54) is 19.2 Å². The number of aliphatic hydroxyl groups is 1. The lowest BCUT2D eigenvalue weighted by atomic mass is 10.2. The van der Waals surface area contributed by atoms with Crippen LogP contribution in [0.25, 0.3) is 0 Å². The number of rotatable bonds is 6. The second-order valence-electron chi connectivity index (χ2n) is 3.40. The van der Waals surface area contributed by atoms with Crippen LogP contribution in [0.5, 0.6) is 0 Å². The third kappa shape index (κ3) is 3.95. The molecule has 0 saturated heterocycles. The van der Waals surface area contributed by atoms with Gasteiger partial charge in [-0.25, -0.2) is 0 Å². The summed E-state index contributed by atoms with van der Waals surface area (Å²) in [4.78, 5) is 10.1. The van der Waals surface area contributed by atoms with Crippen molar-refractivity contribution in [3.05, 3.63) is 32.8 Å². The van der Waals surface area contributed by atoms with Gasteiger partial charge in [-0.15, -0.1) is 0 Å². The van der Waals surface area contributed by atoms with Crippen molar-refractivity contribution < 1.29 is 14.8 Å². The van der Waals surface area contributed by atoms with Crippen LogP contribution in [0.3, 0.4) is 0 Å². The average Bonchev–Trinajstić information content (AvgIpc) is 2.30. The molecular weight excluding hydrogens is 292 g/mol. The summed E-state index contributed by atoms with van der Waals surface area (Å²) in [5.74, 6) is 0. The third-order valence-electron chi connectivity index (χ3n) is 2.11. The summed E-state index contributed by atoms with van der Waals surface area (Å²) in [7, 11) is 1.54. The number of anilines is 1. The Morgan fingerprint density at radius 3 is 2.82 bits per heavy atom. The first-order valence-electron chi connectivity index (χ1n) is 4.88. The van der Waals surface area contributed by atoms with Crippen LogP contribution >= 0.6 is 15.9 Å². The minimum absolute atomic E-state index is 0.00900. The first-order chi connectivity index (χ1) is 8.08. The predicted molar refractivity (Wildman–Crippen MR) is 67.2 cm³/mol. The summed E-state index contributed by atoms with van der Waals surface area (Å²) >= 11 is 3.23. The Morgan fingerprint density at radius 1 is 1.65 bits per heavy atom. The number of aliphatic hydroxyl groups excluding tert-OH is 1. The van der Waals surface area contributed by atoms with Crippen LogP contribution in [-0.4, -0.2) is 36.4 Å². The predicted octanol–water partition coefficient (Wildman–Crippen LogP) is 1.78.